The molecule has 1 heterocycles. The van der Waals surface area contributed by atoms with Gasteiger partial charge in [-0.3, -0.25) is 14.7 Å². The molecular formula is C24H23FN2O4. The summed E-state index contributed by atoms with van der Waals surface area (Å²) >= 11 is 0. The highest BCUT2D eigenvalue weighted by atomic mass is 19.1. The van der Waals surface area contributed by atoms with Crippen molar-refractivity contribution in [2.45, 2.75) is 13.8 Å². The van der Waals surface area contributed by atoms with E-state index in [1.165, 1.54) is 24.1 Å². The van der Waals surface area contributed by atoms with Crippen LogP contribution in [0.1, 0.15) is 13.8 Å². The monoisotopic (exact) mass is 422 g/mol. The Labute approximate surface area is 180 Å². The molecule has 0 aliphatic carbocycles. The summed E-state index contributed by atoms with van der Waals surface area (Å²) in [6.45, 7) is 3.80. The number of allylic oxidation sites excluding steroid dienone is 3. The van der Waals surface area contributed by atoms with E-state index in [-0.39, 0.29) is 5.75 Å². The highest BCUT2D eigenvalue weighted by Gasteiger charge is 2.14. The van der Waals surface area contributed by atoms with Crippen LogP contribution in [0.15, 0.2) is 66.5 Å². The first-order valence-electron chi connectivity index (χ1n) is 9.53. The van der Waals surface area contributed by atoms with E-state index >= 15 is 0 Å². The molecular weight excluding hydrogens is 399 g/mol. The van der Waals surface area contributed by atoms with Gasteiger partial charge in [0.25, 0.3) is 0 Å². The van der Waals surface area contributed by atoms with E-state index in [1.54, 1.807) is 49.8 Å². The largest absolute Gasteiger partial charge is 0.493 e. The molecule has 160 valence electrons. The highest BCUT2D eigenvalue weighted by molar-refractivity contribution is 5.88. The lowest BCUT2D eigenvalue weighted by Crippen LogP contribution is -2.13. The number of methoxy groups -OCH3 is 2. The zero-order valence-corrected chi connectivity index (χ0v) is 17.8. The van der Waals surface area contributed by atoms with Crippen molar-refractivity contribution in [1.29, 1.82) is 0 Å². The van der Waals surface area contributed by atoms with Crippen LogP contribution in [-0.4, -0.2) is 25.6 Å². The molecule has 0 atom stereocenters. The van der Waals surface area contributed by atoms with Crippen molar-refractivity contribution in [1.82, 2.24) is 4.98 Å². The highest BCUT2D eigenvalue weighted by Crippen LogP contribution is 2.37. The lowest BCUT2D eigenvalue weighted by Gasteiger charge is -2.15. The van der Waals surface area contributed by atoms with E-state index in [4.69, 9.17) is 14.2 Å². The fourth-order valence-corrected chi connectivity index (χ4v) is 2.86. The van der Waals surface area contributed by atoms with Crippen LogP contribution in [0.4, 0.5) is 10.1 Å². The molecule has 0 aliphatic heterocycles. The van der Waals surface area contributed by atoms with E-state index in [9.17, 15) is 9.18 Å². The molecule has 31 heavy (non-hydrogen) atoms. The van der Waals surface area contributed by atoms with Crippen LogP contribution in [0.3, 0.4) is 0 Å². The van der Waals surface area contributed by atoms with Crippen LogP contribution in [0, 0.1) is 5.82 Å². The fraction of sp³-hybridized carbons (Fsp3) is 0.167. The Morgan fingerprint density at radius 2 is 1.77 bits per heavy atom. The van der Waals surface area contributed by atoms with Crippen molar-refractivity contribution in [2.24, 2.45) is 0 Å². The standard InChI is InChI=1S/C24H23FN2O4/c1-5-16(2)9-11-27(15-28)17-6-7-22(19(25)12-17)31-21-8-10-26-20-14-24(30-4)23(29-3)13-18(20)21/h5-15H,1-4H3/b11-9-,16-5-. The second-order valence-electron chi connectivity index (χ2n) is 6.61. The van der Waals surface area contributed by atoms with Gasteiger partial charge in [0.1, 0.15) is 5.75 Å². The maximum absolute atomic E-state index is 14.8. The number of ether oxygens (including phenoxy) is 3. The third kappa shape index (κ3) is 4.83. The quantitative estimate of drug-likeness (QED) is 0.348. The van der Waals surface area contributed by atoms with Crippen LogP contribution in [0.2, 0.25) is 0 Å². The molecule has 0 saturated carbocycles. The summed E-state index contributed by atoms with van der Waals surface area (Å²) in [5, 5.41) is 0.642. The van der Waals surface area contributed by atoms with Gasteiger partial charge in [-0.1, -0.05) is 11.6 Å². The van der Waals surface area contributed by atoms with E-state index in [1.807, 2.05) is 19.9 Å². The van der Waals surface area contributed by atoms with Crippen molar-refractivity contribution in [2.75, 3.05) is 19.1 Å². The molecule has 0 aliphatic rings. The number of aromatic nitrogens is 1. The van der Waals surface area contributed by atoms with Gasteiger partial charge < -0.3 is 14.2 Å². The number of halogens is 1. The van der Waals surface area contributed by atoms with Crippen molar-refractivity contribution in [3.05, 3.63) is 72.3 Å². The lowest BCUT2D eigenvalue weighted by atomic mass is 10.1. The first kappa shape index (κ1) is 21.8. The van der Waals surface area contributed by atoms with Crippen LogP contribution in [0.25, 0.3) is 10.9 Å². The van der Waals surface area contributed by atoms with Gasteiger partial charge in [0.15, 0.2) is 23.1 Å². The molecule has 3 aromatic rings. The molecule has 0 fully saturated rings. The van der Waals surface area contributed by atoms with Gasteiger partial charge in [-0.15, -0.1) is 0 Å². The second kappa shape index (κ2) is 9.75. The third-order valence-corrected chi connectivity index (χ3v) is 4.71. The summed E-state index contributed by atoms with van der Waals surface area (Å²) in [7, 11) is 3.07. The fourth-order valence-electron chi connectivity index (χ4n) is 2.86. The smallest absolute Gasteiger partial charge is 0.218 e. The molecule has 0 bridgehead atoms. The number of rotatable bonds is 8. The van der Waals surface area contributed by atoms with Crippen LogP contribution < -0.4 is 19.1 Å². The van der Waals surface area contributed by atoms with E-state index in [0.29, 0.717) is 40.2 Å². The maximum atomic E-state index is 14.8. The average molecular weight is 422 g/mol. The van der Waals surface area contributed by atoms with Crippen LogP contribution in [0.5, 0.6) is 23.0 Å². The minimum Gasteiger partial charge on any atom is -0.493 e. The second-order valence-corrected chi connectivity index (χ2v) is 6.61. The van der Waals surface area contributed by atoms with Gasteiger partial charge in [0.2, 0.25) is 6.41 Å². The van der Waals surface area contributed by atoms with E-state index in [0.717, 1.165) is 5.57 Å². The summed E-state index contributed by atoms with van der Waals surface area (Å²) in [6, 6.07) is 9.42. The number of hydrogen-bond donors (Lipinski definition) is 0. The molecule has 1 amide bonds. The molecule has 0 spiro atoms. The average Bonchev–Trinajstić information content (AvgIpc) is 2.80. The molecule has 0 N–H and O–H groups in total. The van der Waals surface area contributed by atoms with Crippen LogP contribution in [-0.2, 0) is 4.79 Å². The van der Waals surface area contributed by atoms with Gasteiger partial charge in [-0.05, 0) is 44.2 Å². The molecule has 1 aromatic heterocycles. The molecule has 0 saturated heterocycles. The number of nitrogens with zero attached hydrogens (tertiary/aromatic N) is 2. The topological polar surface area (TPSA) is 60.9 Å². The molecule has 0 radical (unpaired) electrons. The Morgan fingerprint density at radius 3 is 2.42 bits per heavy atom. The molecule has 6 nitrogen and oxygen atoms in total. The van der Waals surface area contributed by atoms with Gasteiger partial charge in [-0.2, -0.15) is 0 Å². The normalized spacial score (nSPS) is 11.6. The lowest BCUT2D eigenvalue weighted by molar-refractivity contribution is -0.106. The number of carbonyl (C=O) groups is 1. The summed E-state index contributed by atoms with van der Waals surface area (Å²) < 4.78 is 31.3. The Morgan fingerprint density at radius 1 is 1.03 bits per heavy atom. The van der Waals surface area contributed by atoms with Crippen molar-refractivity contribution in [3.63, 3.8) is 0 Å². The van der Waals surface area contributed by atoms with Crippen LogP contribution >= 0.6 is 0 Å². The summed E-state index contributed by atoms with van der Waals surface area (Å²) in [6.07, 6.45) is 7.43. The van der Waals surface area contributed by atoms with Crippen molar-refractivity contribution in [3.8, 4) is 23.0 Å². The number of anilines is 1. The SMILES string of the molecule is C/C=C(C)\C=C/N(C=O)c1ccc(Oc2ccnc3cc(OC)c(OC)cc23)c(F)c1. The zero-order chi connectivity index (χ0) is 22.4. The van der Waals surface area contributed by atoms with Gasteiger partial charge in [0, 0.05) is 29.9 Å². The number of benzene rings is 2. The number of amides is 1. The maximum Gasteiger partial charge on any atom is 0.218 e. The predicted molar refractivity (Wildman–Crippen MR) is 118 cm³/mol. The number of fused-ring (bicyclic) bond motifs is 1. The number of carbonyl (C=O) groups excluding carboxylic acids is 1. The molecule has 2 aromatic carbocycles. The minimum absolute atomic E-state index is 0.0190. The Bertz CT molecular complexity index is 1160. The Kier molecular flexibility index (Phi) is 6.87. The first-order valence-corrected chi connectivity index (χ1v) is 9.53. The Balaban J connectivity index is 1.94. The molecule has 0 unspecified atom stereocenters. The summed E-state index contributed by atoms with van der Waals surface area (Å²) in [4.78, 5) is 17.0. The predicted octanol–water partition coefficient (Wildman–Crippen LogP) is 5.63. The Hall–Kier alpha value is -3.87. The third-order valence-electron chi connectivity index (χ3n) is 4.71. The number of hydrogen-bond acceptors (Lipinski definition) is 5. The number of pyridine rings is 1. The minimum atomic E-state index is -0.606. The van der Waals surface area contributed by atoms with Crippen molar-refractivity contribution >= 4 is 23.0 Å². The molecule has 3 rings (SSSR count). The molecule has 7 heteroatoms. The van der Waals surface area contributed by atoms with E-state index in [2.05, 4.69) is 4.98 Å². The van der Waals surface area contributed by atoms with Gasteiger partial charge in [0.05, 0.1) is 25.4 Å². The van der Waals surface area contributed by atoms with E-state index < -0.39 is 5.82 Å². The summed E-state index contributed by atoms with van der Waals surface area (Å²) in [5.74, 6) is 0.865. The summed E-state index contributed by atoms with van der Waals surface area (Å²) in [5.41, 5.74) is 1.97. The first-order chi connectivity index (χ1) is 15.0. The van der Waals surface area contributed by atoms with Gasteiger partial charge >= 0.3 is 0 Å². The zero-order valence-electron chi connectivity index (χ0n) is 17.8. The van der Waals surface area contributed by atoms with Crippen molar-refractivity contribution < 1.29 is 23.4 Å². The van der Waals surface area contributed by atoms with Gasteiger partial charge in [-0.25, -0.2) is 4.39 Å².